The number of hydrogen-bond acceptors (Lipinski definition) is 7. The smallest absolute Gasteiger partial charge is 0.261 e. The molecule has 0 unspecified atom stereocenters. The molecule has 4 heterocycles. The summed E-state index contributed by atoms with van der Waals surface area (Å²) in [4.78, 5) is 20.4. The number of carbonyl (C=O) groups excluding carboxylic acids is 1. The third-order valence-electron chi connectivity index (χ3n) is 6.10. The Labute approximate surface area is 179 Å². The fraction of sp³-hybridized carbons (Fsp3) is 0.476. The second-order valence-corrected chi connectivity index (χ2v) is 9.01. The molecule has 3 aromatic rings. The fourth-order valence-corrected chi connectivity index (χ4v) is 5.14. The normalized spacial score (nSPS) is 22.4. The average Bonchev–Trinajstić information content (AvgIpc) is 3.42. The van der Waals surface area contributed by atoms with E-state index in [1.165, 1.54) is 11.3 Å². The molecule has 0 aromatic carbocycles. The minimum absolute atomic E-state index is 0.0426. The first-order valence-corrected chi connectivity index (χ1v) is 11.5. The van der Waals surface area contributed by atoms with Crippen molar-refractivity contribution < 1.29 is 4.79 Å². The van der Waals surface area contributed by atoms with Crippen molar-refractivity contribution in [2.45, 2.75) is 37.8 Å². The van der Waals surface area contributed by atoms with Crippen LogP contribution in [0.4, 0.5) is 5.69 Å². The number of thiophene rings is 1. The molecule has 2 aliphatic rings. The number of nitrogens with zero attached hydrogens (tertiary/aromatic N) is 4. The van der Waals surface area contributed by atoms with Crippen LogP contribution in [-0.4, -0.2) is 58.8 Å². The van der Waals surface area contributed by atoms with Gasteiger partial charge >= 0.3 is 0 Å². The predicted molar refractivity (Wildman–Crippen MR) is 119 cm³/mol. The molecule has 1 aliphatic heterocycles. The first-order valence-electron chi connectivity index (χ1n) is 10.6. The van der Waals surface area contributed by atoms with Crippen molar-refractivity contribution in [3.05, 3.63) is 34.9 Å². The van der Waals surface area contributed by atoms with Crippen LogP contribution in [0.15, 0.2) is 30.0 Å². The molecule has 9 heteroatoms. The summed E-state index contributed by atoms with van der Waals surface area (Å²) in [6.45, 7) is 3.89. The van der Waals surface area contributed by atoms with Crippen molar-refractivity contribution in [2.75, 3.05) is 31.1 Å². The zero-order chi connectivity index (χ0) is 20.5. The zero-order valence-electron chi connectivity index (χ0n) is 16.9. The number of rotatable bonds is 4. The highest BCUT2D eigenvalue weighted by Gasteiger charge is 2.24. The van der Waals surface area contributed by atoms with Gasteiger partial charge in [0.1, 0.15) is 0 Å². The van der Waals surface area contributed by atoms with Gasteiger partial charge in [0.15, 0.2) is 5.65 Å². The lowest BCUT2D eigenvalue weighted by atomic mass is 9.91. The van der Waals surface area contributed by atoms with Crippen molar-refractivity contribution in [1.29, 1.82) is 0 Å². The van der Waals surface area contributed by atoms with Crippen molar-refractivity contribution in [2.24, 2.45) is 5.73 Å². The van der Waals surface area contributed by atoms with E-state index in [0.717, 1.165) is 74.3 Å². The monoisotopic (exact) mass is 425 g/mol. The summed E-state index contributed by atoms with van der Waals surface area (Å²) in [6, 6.07) is 2.05. The molecular weight excluding hydrogens is 398 g/mol. The van der Waals surface area contributed by atoms with E-state index in [1.54, 1.807) is 0 Å². The molecule has 4 N–H and O–H groups in total. The third kappa shape index (κ3) is 3.80. The van der Waals surface area contributed by atoms with Crippen LogP contribution in [0.3, 0.4) is 0 Å². The van der Waals surface area contributed by atoms with Gasteiger partial charge in [0.2, 0.25) is 0 Å². The summed E-state index contributed by atoms with van der Waals surface area (Å²) in [7, 11) is 0. The standard InChI is InChI=1S/C21H27N7OS/c22-17-3-1-2-4-18(17)26-21(29)19-9-14(13-30-19)16-11-25-28-12-15(10-24-20(16)28)27-7-5-23-6-8-27/h9-13,17-18,23H,1-8,22H2,(H,26,29)/t17-,18+/m1/s1. The van der Waals surface area contributed by atoms with Gasteiger partial charge in [0.05, 0.1) is 29.2 Å². The van der Waals surface area contributed by atoms with Gasteiger partial charge in [0, 0.05) is 43.8 Å². The van der Waals surface area contributed by atoms with Crippen LogP contribution in [0.25, 0.3) is 16.8 Å². The quantitative estimate of drug-likeness (QED) is 0.590. The molecule has 30 heavy (non-hydrogen) atoms. The average molecular weight is 426 g/mol. The molecule has 2 atom stereocenters. The Morgan fingerprint density at radius 2 is 2.07 bits per heavy atom. The summed E-state index contributed by atoms with van der Waals surface area (Å²) in [5, 5.41) is 13.0. The Morgan fingerprint density at radius 3 is 2.90 bits per heavy atom. The van der Waals surface area contributed by atoms with Crippen LogP contribution in [0.5, 0.6) is 0 Å². The molecular formula is C21H27N7OS. The number of nitrogens with one attached hydrogen (secondary N) is 2. The lowest BCUT2D eigenvalue weighted by Crippen LogP contribution is -2.49. The van der Waals surface area contributed by atoms with Crippen molar-refractivity contribution in [3.63, 3.8) is 0 Å². The highest BCUT2D eigenvalue weighted by Crippen LogP contribution is 2.29. The van der Waals surface area contributed by atoms with E-state index in [1.807, 2.05) is 34.6 Å². The predicted octanol–water partition coefficient (Wildman–Crippen LogP) is 1.87. The first-order chi connectivity index (χ1) is 14.7. The van der Waals surface area contributed by atoms with Crippen LogP contribution in [-0.2, 0) is 0 Å². The third-order valence-corrected chi connectivity index (χ3v) is 7.02. The van der Waals surface area contributed by atoms with Crippen LogP contribution >= 0.6 is 11.3 Å². The number of fused-ring (bicyclic) bond motifs is 1. The molecule has 158 valence electrons. The van der Waals surface area contributed by atoms with E-state index in [9.17, 15) is 4.79 Å². The van der Waals surface area contributed by atoms with Gasteiger partial charge in [-0.05, 0) is 29.9 Å². The highest BCUT2D eigenvalue weighted by molar-refractivity contribution is 7.12. The molecule has 0 bridgehead atoms. The van der Waals surface area contributed by atoms with Gasteiger partial charge in [-0.3, -0.25) is 4.79 Å². The Morgan fingerprint density at radius 1 is 1.23 bits per heavy atom. The SMILES string of the molecule is N[C@@H]1CCCC[C@@H]1NC(=O)c1cc(-c2cnn3cc(N4CCNCC4)cnc23)cs1. The molecule has 2 fully saturated rings. The Balaban J connectivity index is 1.34. The van der Waals surface area contributed by atoms with E-state index < -0.39 is 0 Å². The largest absolute Gasteiger partial charge is 0.366 e. The minimum Gasteiger partial charge on any atom is -0.366 e. The molecule has 0 spiro atoms. The lowest BCUT2D eigenvalue weighted by molar-refractivity contribution is 0.0925. The highest BCUT2D eigenvalue weighted by atomic mass is 32.1. The maximum absolute atomic E-state index is 12.7. The Bertz CT molecular complexity index is 1040. The topological polar surface area (TPSA) is 101 Å². The van der Waals surface area contributed by atoms with Crippen LogP contribution in [0.1, 0.15) is 35.4 Å². The van der Waals surface area contributed by atoms with E-state index >= 15 is 0 Å². The van der Waals surface area contributed by atoms with Crippen LogP contribution in [0.2, 0.25) is 0 Å². The summed E-state index contributed by atoms with van der Waals surface area (Å²) >= 11 is 1.45. The van der Waals surface area contributed by atoms with Crippen molar-refractivity contribution in [1.82, 2.24) is 25.2 Å². The second-order valence-electron chi connectivity index (χ2n) is 8.10. The van der Waals surface area contributed by atoms with E-state index in [0.29, 0.717) is 4.88 Å². The minimum atomic E-state index is -0.0426. The van der Waals surface area contributed by atoms with Gasteiger partial charge in [-0.2, -0.15) is 5.10 Å². The van der Waals surface area contributed by atoms with E-state index in [-0.39, 0.29) is 18.0 Å². The number of piperazine rings is 1. The molecule has 1 amide bonds. The molecule has 1 saturated carbocycles. The molecule has 0 radical (unpaired) electrons. The van der Waals surface area contributed by atoms with Gasteiger partial charge in [-0.25, -0.2) is 9.50 Å². The van der Waals surface area contributed by atoms with Crippen molar-refractivity contribution in [3.8, 4) is 11.1 Å². The van der Waals surface area contributed by atoms with Gasteiger partial charge in [0.25, 0.3) is 5.91 Å². The number of hydrogen-bond donors (Lipinski definition) is 3. The van der Waals surface area contributed by atoms with Crippen LogP contribution in [0, 0.1) is 0 Å². The van der Waals surface area contributed by atoms with Crippen molar-refractivity contribution >= 4 is 28.6 Å². The molecule has 5 rings (SSSR count). The summed E-state index contributed by atoms with van der Waals surface area (Å²) in [5.74, 6) is -0.0426. The number of amides is 1. The second kappa shape index (κ2) is 8.33. The summed E-state index contributed by atoms with van der Waals surface area (Å²) in [6.07, 6.45) is 9.97. The maximum Gasteiger partial charge on any atom is 0.261 e. The molecule has 1 saturated heterocycles. The maximum atomic E-state index is 12.7. The number of aromatic nitrogens is 3. The van der Waals surface area contributed by atoms with Crippen LogP contribution < -0.4 is 21.3 Å². The number of nitrogens with two attached hydrogens (primary N) is 1. The van der Waals surface area contributed by atoms with E-state index in [4.69, 9.17) is 5.73 Å². The van der Waals surface area contributed by atoms with E-state index in [2.05, 4.69) is 25.6 Å². The fourth-order valence-electron chi connectivity index (χ4n) is 4.33. The summed E-state index contributed by atoms with van der Waals surface area (Å²) < 4.78 is 1.82. The van der Waals surface area contributed by atoms with Gasteiger partial charge < -0.3 is 21.3 Å². The lowest BCUT2D eigenvalue weighted by Gasteiger charge is -2.29. The molecule has 3 aromatic heterocycles. The summed E-state index contributed by atoms with van der Waals surface area (Å²) in [5.41, 5.74) is 9.96. The molecule has 8 nitrogen and oxygen atoms in total. The van der Waals surface area contributed by atoms with Gasteiger partial charge in [-0.15, -0.1) is 11.3 Å². The Kier molecular flexibility index (Phi) is 5.41. The first kappa shape index (κ1) is 19.5. The zero-order valence-corrected chi connectivity index (χ0v) is 17.7. The number of carbonyl (C=O) groups is 1. The molecule has 1 aliphatic carbocycles. The van der Waals surface area contributed by atoms with Gasteiger partial charge in [-0.1, -0.05) is 12.8 Å². The number of anilines is 1. The Hall–Kier alpha value is -2.49.